The highest BCUT2D eigenvalue weighted by atomic mass is 35.5. The fourth-order valence-electron chi connectivity index (χ4n) is 4.22. The predicted octanol–water partition coefficient (Wildman–Crippen LogP) is 5.87. The Hall–Kier alpha value is -4.25. The van der Waals surface area contributed by atoms with Crippen molar-refractivity contribution >= 4 is 40.4 Å². The van der Waals surface area contributed by atoms with E-state index in [2.05, 4.69) is 15.6 Å². The molecule has 0 aliphatic rings. The van der Waals surface area contributed by atoms with E-state index in [9.17, 15) is 36.3 Å². The second kappa shape index (κ2) is 10.3. The number of carbonyl (C=O) groups excluding carboxylic acids is 2. The molecule has 0 aliphatic heterocycles. The average molecular weight is 550 g/mol. The normalized spacial score (nSPS) is 12.3. The molecule has 1 heterocycles. The van der Waals surface area contributed by atoms with Crippen LogP contribution >= 0.6 is 11.6 Å². The second-order valence-corrected chi connectivity index (χ2v) is 8.70. The molecular formula is C26H17ClF5N3O3. The van der Waals surface area contributed by atoms with Gasteiger partial charge >= 0.3 is 6.18 Å². The Morgan fingerprint density at radius 1 is 1.03 bits per heavy atom. The summed E-state index contributed by atoms with van der Waals surface area (Å²) in [6.07, 6.45) is -3.22. The first-order valence-electron chi connectivity index (χ1n) is 10.9. The fourth-order valence-corrected chi connectivity index (χ4v) is 4.44. The lowest BCUT2D eigenvalue weighted by Crippen LogP contribution is -2.25. The number of halogens is 6. The third kappa shape index (κ3) is 5.23. The minimum absolute atomic E-state index is 0.0633. The molecule has 0 bridgehead atoms. The van der Waals surface area contributed by atoms with Gasteiger partial charge in [-0.15, -0.1) is 0 Å². The lowest BCUT2D eigenvalue weighted by Gasteiger charge is -2.25. The molecule has 1 unspecified atom stereocenters. The van der Waals surface area contributed by atoms with Gasteiger partial charge in [0, 0.05) is 39.0 Å². The van der Waals surface area contributed by atoms with E-state index in [4.69, 9.17) is 11.6 Å². The standard InChI is InChI=1S/C26H17ClF5N3O3/c1-12-17-4-5-33-25(38)18(17)10-21(22(12)23(34-11-36)19-9-15(28)2-3-20(19)27)35-24(37)13-6-14(26(30,31)32)8-16(29)7-13/h2-11,23H,1H3,(H,33,38)(H,34,36)(H,35,37). The van der Waals surface area contributed by atoms with Crippen LogP contribution in [0.25, 0.3) is 10.8 Å². The van der Waals surface area contributed by atoms with Crippen LogP contribution in [0.15, 0.2) is 59.5 Å². The van der Waals surface area contributed by atoms with E-state index in [1.165, 1.54) is 18.3 Å². The number of pyridine rings is 1. The summed E-state index contributed by atoms with van der Waals surface area (Å²) in [5.74, 6) is -3.09. The number of aromatic nitrogens is 1. The molecule has 3 N–H and O–H groups in total. The van der Waals surface area contributed by atoms with Crippen molar-refractivity contribution in [3.63, 3.8) is 0 Å². The van der Waals surface area contributed by atoms with Gasteiger partial charge in [-0.3, -0.25) is 14.4 Å². The third-order valence-corrected chi connectivity index (χ3v) is 6.26. The van der Waals surface area contributed by atoms with Gasteiger partial charge in [0.15, 0.2) is 0 Å². The van der Waals surface area contributed by atoms with Gasteiger partial charge in [0.1, 0.15) is 11.6 Å². The van der Waals surface area contributed by atoms with Crippen molar-refractivity contribution < 1.29 is 31.5 Å². The summed E-state index contributed by atoms with van der Waals surface area (Å²) in [7, 11) is 0. The van der Waals surface area contributed by atoms with Crippen LogP contribution in [-0.2, 0) is 11.0 Å². The molecular weight excluding hydrogens is 533 g/mol. The summed E-state index contributed by atoms with van der Waals surface area (Å²) in [6.45, 7) is 1.57. The van der Waals surface area contributed by atoms with Crippen LogP contribution in [0, 0.1) is 18.6 Å². The third-order valence-electron chi connectivity index (χ3n) is 5.91. The van der Waals surface area contributed by atoms with Gasteiger partial charge in [-0.25, -0.2) is 8.78 Å². The SMILES string of the molecule is Cc1c(C(NC=O)c2cc(F)ccc2Cl)c(NC(=O)c2cc(F)cc(C(F)(F)F)c2)cc2c(=O)[nH]ccc12. The molecule has 2 amide bonds. The first-order valence-corrected chi connectivity index (χ1v) is 11.3. The number of alkyl halides is 3. The topological polar surface area (TPSA) is 91.1 Å². The number of rotatable bonds is 6. The molecule has 4 aromatic rings. The zero-order chi connectivity index (χ0) is 27.8. The maximum absolute atomic E-state index is 14.2. The van der Waals surface area contributed by atoms with E-state index in [1.54, 1.807) is 13.0 Å². The van der Waals surface area contributed by atoms with Crippen LogP contribution in [0.5, 0.6) is 0 Å². The summed E-state index contributed by atoms with van der Waals surface area (Å²) in [5, 5.41) is 5.52. The molecule has 0 aliphatic carbocycles. The zero-order valence-corrected chi connectivity index (χ0v) is 20.1. The molecule has 1 aromatic heterocycles. The van der Waals surface area contributed by atoms with Crippen molar-refractivity contribution in [3.8, 4) is 0 Å². The lowest BCUT2D eigenvalue weighted by atomic mass is 9.90. The molecule has 6 nitrogen and oxygen atoms in total. The predicted molar refractivity (Wildman–Crippen MR) is 131 cm³/mol. The van der Waals surface area contributed by atoms with E-state index in [0.29, 0.717) is 29.5 Å². The van der Waals surface area contributed by atoms with Crippen LogP contribution < -0.4 is 16.2 Å². The highest BCUT2D eigenvalue weighted by molar-refractivity contribution is 6.31. The van der Waals surface area contributed by atoms with Gasteiger partial charge in [-0.1, -0.05) is 11.6 Å². The Balaban J connectivity index is 1.95. The van der Waals surface area contributed by atoms with Gasteiger partial charge in [0.2, 0.25) is 6.41 Å². The summed E-state index contributed by atoms with van der Waals surface area (Å²) in [5.41, 5.74) is -2.02. The van der Waals surface area contributed by atoms with Crippen molar-refractivity contribution in [2.24, 2.45) is 0 Å². The fraction of sp³-hybridized carbons (Fsp3) is 0.115. The van der Waals surface area contributed by atoms with E-state index >= 15 is 0 Å². The Morgan fingerprint density at radius 3 is 2.45 bits per heavy atom. The van der Waals surface area contributed by atoms with Gasteiger partial charge in [-0.05, 0) is 66.4 Å². The Morgan fingerprint density at radius 2 is 1.76 bits per heavy atom. The molecule has 196 valence electrons. The van der Waals surface area contributed by atoms with Gasteiger partial charge < -0.3 is 15.6 Å². The van der Waals surface area contributed by atoms with Crippen LogP contribution in [0.4, 0.5) is 27.6 Å². The number of aromatic amines is 1. The maximum Gasteiger partial charge on any atom is 0.416 e. The molecule has 0 fully saturated rings. The molecule has 38 heavy (non-hydrogen) atoms. The number of hydrogen-bond donors (Lipinski definition) is 3. The highest BCUT2D eigenvalue weighted by Gasteiger charge is 2.32. The molecule has 0 saturated heterocycles. The van der Waals surface area contributed by atoms with Gasteiger partial charge in [0.25, 0.3) is 11.5 Å². The Kier molecular flexibility index (Phi) is 7.23. The summed E-state index contributed by atoms with van der Waals surface area (Å²) in [6, 6.07) is 6.43. The van der Waals surface area contributed by atoms with Crippen LogP contribution in [-0.4, -0.2) is 17.3 Å². The largest absolute Gasteiger partial charge is 0.416 e. The first-order chi connectivity index (χ1) is 17.9. The molecule has 1 atom stereocenters. The van der Waals surface area contributed by atoms with E-state index in [1.807, 2.05) is 0 Å². The number of aryl methyl sites for hydroxylation is 1. The summed E-state index contributed by atoms with van der Waals surface area (Å²) in [4.78, 5) is 39.6. The number of anilines is 1. The first kappa shape index (κ1) is 26.8. The number of hydrogen-bond acceptors (Lipinski definition) is 3. The van der Waals surface area contributed by atoms with E-state index in [-0.39, 0.29) is 33.3 Å². The average Bonchev–Trinajstić information content (AvgIpc) is 2.84. The molecule has 0 spiro atoms. The zero-order valence-electron chi connectivity index (χ0n) is 19.3. The van der Waals surface area contributed by atoms with Crippen LogP contribution in [0.3, 0.4) is 0 Å². The Labute approximate surface area is 216 Å². The van der Waals surface area contributed by atoms with Crippen molar-refractivity contribution in [2.75, 3.05) is 5.32 Å². The van der Waals surface area contributed by atoms with Gasteiger partial charge in [-0.2, -0.15) is 13.2 Å². The molecule has 0 saturated carbocycles. The molecule has 12 heteroatoms. The van der Waals surface area contributed by atoms with Gasteiger partial charge in [0.05, 0.1) is 11.6 Å². The maximum atomic E-state index is 14.2. The van der Waals surface area contributed by atoms with Crippen molar-refractivity contribution in [3.05, 3.63) is 110 Å². The minimum Gasteiger partial charge on any atom is -0.348 e. The number of amides is 2. The number of fused-ring (bicyclic) bond motifs is 1. The van der Waals surface area contributed by atoms with E-state index < -0.39 is 46.4 Å². The van der Waals surface area contributed by atoms with Crippen molar-refractivity contribution in [1.29, 1.82) is 0 Å². The molecule has 4 rings (SSSR count). The molecule has 0 radical (unpaired) electrons. The number of carbonyl (C=O) groups is 2. The molecule has 3 aromatic carbocycles. The highest BCUT2D eigenvalue weighted by Crippen LogP contribution is 2.38. The van der Waals surface area contributed by atoms with E-state index in [0.717, 1.165) is 12.1 Å². The van der Waals surface area contributed by atoms with Crippen LogP contribution in [0.1, 0.15) is 38.7 Å². The quantitative estimate of drug-likeness (QED) is 0.207. The van der Waals surface area contributed by atoms with Crippen LogP contribution in [0.2, 0.25) is 5.02 Å². The van der Waals surface area contributed by atoms with Crippen molar-refractivity contribution in [2.45, 2.75) is 19.1 Å². The minimum atomic E-state index is -4.91. The number of benzene rings is 3. The Bertz CT molecular complexity index is 1640. The monoisotopic (exact) mass is 549 g/mol. The van der Waals surface area contributed by atoms with Crippen molar-refractivity contribution in [1.82, 2.24) is 10.3 Å². The lowest BCUT2D eigenvalue weighted by molar-refractivity contribution is -0.137. The number of H-pyrrole nitrogens is 1. The smallest absolute Gasteiger partial charge is 0.348 e. The number of nitrogens with one attached hydrogen (secondary N) is 3. The second-order valence-electron chi connectivity index (χ2n) is 8.29. The summed E-state index contributed by atoms with van der Waals surface area (Å²) < 4.78 is 67.7. The summed E-state index contributed by atoms with van der Waals surface area (Å²) >= 11 is 6.29.